The molecule has 0 radical (unpaired) electrons. The van der Waals surface area contributed by atoms with Crippen molar-refractivity contribution in [3.63, 3.8) is 0 Å². The monoisotopic (exact) mass is 317 g/mol. The Bertz CT molecular complexity index is 661. The van der Waals surface area contributed by atoms with E-state index in [-0.39, 0.29) is 5.91 Å². The Morgan fingerprint density at radius 1 is 1.32 bits per heavy atom. The molecule has 0 aliphatic carbocycles. The number of aromatic nitrogens is 2. The zero-order valence-corrected chi connectivity index (χ0v) is 13.5. The third kappa shape index (κ3) is 2.89. The lowest BCUT2D eigenvalue weighted by molar-refractivity contribution is 0.102. The molecule has 116 valence electrons. The number of nitrogens with one attached hydrogen (secondary N) is 2. The Hall–Kier alpha value is -2.15. The fraction of sp³-hybridized carbons (Fsp3) is 0.400. The van der Waals surface area contributed by atoms with E-state index in [1.165, 1.54) is 24.4 Å². The van der Waals surface area contributed by atoms with Crippen LogP contribution < -0.4 is 15.5 Å². The average Bonchev–Trinajstić information content (AvgIpc) is 3.17. The molecule has 0 saturated carbocycles. The van der Waals surface area contributed by atoms with Crippen LogP contribution in [0.1, 0.15) is 28.9 Å². The summed E-state index contributed by atoms with van der Waals surface area (Å²) in [6.45, 7) is 3.99. The van der Waals surface area contributed by atoms with Crippen LogP contribution >= 0.6 is 11.5 Å². The SMILES string of the molecule is CNc1snc(C)c1C(=O)Nc1ccc(N2CCCC2)cn1. The first-order chi connectivity index (χ1) is 10.7. The minimum Gasteiger partial charge on any atom is -0.378 e. The third-order valence-electron chi connectivity index (χ3n) is 3.78. The minimum absolute atomic E-state index is 0.183. The largest absolute Gasteiger partial charge is 0.378 e. The topological polar surface area (TPSA) is 70.2 Å². The van der Waals surface area contributed by atoms with Crippen LogP contribution in [0, 0.1) is 6.92 Å². The number of carbonyl (C=O) groups excluding carboxylic acids is 1. The summed E-state index contributed by atoms with van der Waals surface area (Å²) >= 11 is 1.29. The van der Waals surface area contributed by atoms with Crippen molar-refractivity contribution in [1.29, 1.82) is 0 Å². The molecule has 1 amide bonds. The first-order valence-corrected chi connectivity index (χ1v) is 8.13. The molecule has 1 aliphatic heterocycles. The standard InChI is InChI=1S/C15H19N5OS/c1-10-13(15(16-2)22-19-10)14(21)18-12-6-5-11(9-17-12)20-7-3-4-8-20/h5-6,9,16H,3-4,7-8H2,1-2H3,(H,17,18,21). The lowest BCUT2D eigenvalue weighted by atomic mass is 10.2. The maximum Gasteiger partial charge on any atom is 0.261 e. The Balaban J connectivity index is 1.72. The number of pyridine rings is 1. The van der Waals surface area contributed by atoms with Gasteiger partial charge in [0.15, 0.2) is 0 Å². The van der Waals surface area contributed by atoms with E-state index in [1.807, 2.05) is 25.3 Å². The Morgan fingerprint density at radius 2 is 2.09 bits per heavy atom. The maximum absolute atomic E-state index is 12.4. The minimum atomic E-state index is -0.183. The Labute approximate surface area is 133 Å². The molecule has 2 N–H and O–H groups in total. The van der Waals surface area contributed by atoms with Crippen molar-refractivity contribution in [3.05, 3.63) is 29.6 Å². The zero-order chi connectivity index (χ0) is 15.5. The molecule has 2 aromatic heterocycles. The van der Waals surface area contributed by atoms with Crippen molar-refractivity contribution < 1.29 is 4.79 Å². The summed E-state index contributed by atoms with van der Waals surface area (Å²) in [6, 6.07) is 3.85. The number of aryl methyl sites for hydroxylation is 1. The molecule has 6 nitrogen and oxygen atoms in total. The van der Waals surface area contributed by atoms with E-state index in [0.29, 0.717) is 11.4 Å². The van der Waals surface area contributed by atoms with Crippen LogP contribution in [0.15, 0.2) is 18.3 Å². The lowest BCUT2D eigenvalue weighted by Crippen LogP contribution is -2.18. The molecular weight excluding hydrogens is 298 g/mol. The second kappa shape index (κ2) is 6.31. The van der Waals surface area contributed by atoms with Crippen molar-refractivity contribution in [1.82, 2.24) is 9.36 Å². The highest BCUT2D eigenvalue weighted by Gasteiger charge is 2.18. The van der Waals surface area contributed by atoms with Gasteiger partial charge >= 0.3 is 0 Å². The Morgan fingerprint density at radius 3 is 2.73 bits per heavy atom. The number of rotatable bonds is 4. The van der Waals surface area contributed by atoms with Gasteiger partial charge in [0.1, 0.15) is 10.8 Å². The first-order valence-electron chi connectivity index (χ1n) is 7.35. The number of nitrogens with zero attached hydrogens (tertiary/aromatic N) is 3. The molecule has 1 aliphatic rings. The molecule has 0 unspecified atom stereocenters. The fourth-order valence-corrected chi connectivity index (χ4v) is 3.35. The van der Waals surface area contributed by atoms with Gasteiger partial charge < -0.3 is 15.5 Å². The second-order valence-corrected chi connectivity index (χ2v) is 6.05. The van der Waals surface area contributed by atoms with E-state index in [0.717, 1.165) is 29.5 Å². The van der Waals surface area contributed by atoms with Crippen LogP contribution in [0.2, 0.25) is 0 Å². The van der Waals surface area contributed by atoms with Crippen LogP contribution in [-0.4, -0.2) is 35.4 Å². The molecule has 3 heterocycles. The van der Waals surface area contributed by atoms with Crippen molar-refractivity contribution in [2.75, 3.05) is 35.7 Å². The highest BCUT2D eigenvalue weighted by atomic mass is 32.1. The van der Waals surface area contributed by atoms with E-state index < -0.39 is 0 Å². The van der Waals surface area contributed by atoms with Gasteiger partial charge in [0, 0.05) is 20.1 Å². The van der Waals surface area contributed by atoms with Gasteiger partial charge in [-0.3, -0.25) is 4.79 Å². The summed E-state index contributed by atoms with van der Waals surface area (Å²) in [5.74, 6) is 0.373. The number of hydrogen-bond acceptors (Lipinski definition) is 6. The van der Waals surface area contributed by atoms with E-state index >= 15 is 0 Å². The Kier molecular flexibility index (Phi) is 4.24. The summed E-state index contributed by atoms with van der Waals surface area (Å²) < 4.78 is 4.21. The van der Waals surface area contributed by atoms with E-state index in [4.69, 9.17) is 0 Å². The number of hydrogen-bond donors (Lipinski definition) is 2. The summed E-state index contributed by atoms with van der Waals surface area (Å²) in [4.78, 5) is 19.0. The quantitative estimate of drug-likeness (QED) is 0.907. The predicted molar refractivity (Wildman–Crippen MR) is 90.0 cm³/mol. The van der Waals surface area contributed by atoms with Crippen molar-refractivity contribution in [3.8, 4) is 0 Å². The van der Waals surface area contributed by atoms with E-state index in [1.54, 1.807) is 7.05 Å². The molecule has 1 fully saturated rings. The average molecular weight is 317 g/mol. The molecule has 0 bridgehead atoms. The van der Waals surface area contributed by atoms with Gasteiger partial charge in [-0.1, -0.05) is 0 Å². The van der Waals surface area contributed by atoms with Gasteiger partial charge in [-0.15, -0.1) is 0 Å². The highest BCUT2D eigenvalue weighted by molar-refractivity contribution is 7.10. The summed E-state index contributed by atoms with van der Waals surface area (Å²) in [5.41, 5.74) is 2.42. The molecule has 0 aromatic carbocycles. The second-order valence-electron chi connectivity index (χ2n) is 5.27. The molecule has 7 heteroatoms. The van der Waals surface area contributed by atoms with Crippen molar-refractivity contribution in [2.45, 2.75) is 19.8 Å². The first kappa shape index (κ1) is 14.8. The van der Waals surface area contributed by atoms with Gasteiger partial charge in [-0.25, -0.2) is 4.98 Å². The van der Waals surface area contributed by atoms with Crippen molar-refractivity contribution >= 4 is 33.9 Å². The van der Waals surface area contributed by atoms with Gasteiger partial charge in [0.2, 0.25) is 0 Å². The highest BCUT2D eigenvalue weighted by Crippen LogP contribution is 2.25. The number of anilines is 3. The summed E-state index contributed by atoms with van der Waals surface area (Å²) in [5, 5.41) is 6.60. The van der Waals surface area contributed by atoms with Gasteiger partial charge in [-0.2, -0.15) is 4.37 Å². The molecule has 22 heavy (non-hydrogen) atoms. The molecule has 0 atom stereocenters. The van der Waals surface area contributed by atoms with Gasteiger partial charge in [-0.05, 0) is 43.4 Å². The van der Waals surface area contributed by atoms with Gasteiger partial charge in [0.25, 0.3) is 5.91 Å². The van der Waals surface area contributed by atoms with Crippen molar-refractivity contribution in [2.24, 2.45) is 0 Å². The van der Waals surface area contributed by atoms with Crippen LogP contribution in [0.5, 0.6) is 0 Å². The maximum atomic E-state index is 12.4. The molecule has 2 aromatic rings. The molecular formula is C15H19N5OS. The predicted octanol–water partition coefficient (Wildman–Crippen LogP) is 2.74. The summed E-state index contributed by atoms with van der Waals surface area (Å²) in [6.07, 6.45) is 4.28. The van der Waals surface area contributed by atoms with Crippen LogP contribution in [0.3, 0.4) is 0 Å². The summed E-state index contributed by atoms with van der Waals surface area (Å²) in [7, 11) is 1.78. The van der Waals surface area contributed by atoms with Gasteiger partial charge in [0.05, 0.1) is 23.1 Å². The van der Waals surface area contributed by atoms with E-state index in [2.05, 4.69) is 24.9 Å². The van der Waals surface area contributed by atoms with Crippen LogP contribution in [0.25, 0.3) is 0 Å². The van der Waals surface area contributed by atoms with E-state index in [9.17, 15) is 4.79 Å². The lowest BCUT2D eigenvalue weighted by Gasteiger charge is -2.17. The molecule has 3 rings (SSSR count). The number of amides is 1. The fourth-order valence-electron chi connectivity index (χ4n) is 2.61. The van der Waals surface area contributed by atoms with Crippen LogP contribution in [0.4, 0.5) is 16.5 Å². The molecule has 0 spiro atoms. The molecule has 1 saturated heterocycles. The smallest absolute Gasteiger partial charge is 0.261 e. The zero-order valence-electron chi connectivity index (χ0n) is 12.7. The van der Waals surface area contributed by atoms with Crippen LogP contribution in [-0.2, 0) is 0 Å². The number of carbonyl (C=O) groups is 1. The third-order valence-corrected chi connectivity index (χ3v) is 4.73. The normalized spacial score (nSPS) is 14.2.